The number of furan rings is 1. The standard InChI is InChI=1S/C24H26N2O5/c1-18(24(28)25-15-22-9-6-14-30-22)26(16-19-10-12-20(29-2)13-11-19)23(27)17-31-21-7-4-3-5-8-21/h3-14,18H,15-17H2,1-2H3,(H,25,28)/t18-/m0/s1. The van der Waals surface area contributed by atoms with Gasteiger partial charge in [0.05, 0.1) is 19.9 Å². The lowest BCUT2D eigenvalue weighted by molar-refractivity contribution is -0.142. The average Bonchev–Trinajstić information content (AvgIpc) is 3.34. The molecule has 0 aliphatic carbocycles. The van der Waals surface area contributed by atoms with Crippen molar-refractivity contribution in [3.05, 3.63) is 84.3 Å². The number of methoxy groups -OCH3 is 1. The molecule has 0 saturated carbocycles. The summed E-state index contributed by atoms with van der Waals surface area (Å²) in [4.78, 5) is 27.2. The van der Waals surface area contributed by atoms with E-state index in [4.69, 9.17) is 13.9 Å². The maximum atomic E-state index is 13.0. The number of hydrogen-bond acceptors (Lipinski definition) is 5. The van der Waals surface area contributed by atoms with Gasteiger partial charge < -0.3 is 24.1 Å². The zero-order valence-electron chi connectivity index (χ0n) is 17.6. The quantitative estimate of drug-likeness (QED) is 0.542. The Labute approximate surface area is 181 Å². The highest BCUT2D eigenvalue weighted by Gasteiger charge is 2.26. The fourth-order valence-electron chi connectivity index (χ4n) is 2.99. The Morgan fingerprint density at radius 2 is 1.74 bits per heavy atom. The Balaban J connectivity index is 1.69. The number of carbonyl (C=O) groups excluding carboxylic acids is 2. The molecule has 0 saturated heterocycles. The normalized spacial score (nSPS) is 11.4. The van der Waals surface area contributed by atoms with E-state index in [9.17, 15) is 9.59 Å². The van der Waals surface area contributed by atoms with Crippen molar-refractivity contribution in [2.45, 2.75) is 26.1 Å². The van der Waals surface area contributed by atoms with Gasteiger partial charge in [-0.2, -0.15) is 0 Å². The molecule has 0 aliphatic heterocycles. The zero-order chi connectivity index (χ0) is 22.1. The van der Waals surface area contributed by atoms with Crippen molar-refractivity contribution in [3.63, 3.8) is 0 Å². The van der Waals surface area contributed by atoms with Gasteiger partial charge in [-0.1, -0.05) is 30.3 Å². The fourth-order valence-corrected chi connectivity index (χ4v) is 2.99. The Morgan fingerprint density at radius 3 is 2.39 bits per heavy atom. The van der Waals surface area contributed by atoms with Crippen LogP contribution in [-0.4, -0.2) is 36.5 Å². The molecule has 0 spiro atoms. The summed E-state index contributed by atoms with van der Waals surface area (Å²) in [5.41, 5.74) is 0.875. The van der Waals surface area contributed by atoms with Gasteiger partial charge in [-0.05, 0) is 48.9 Å². The summed E-state index contributed by atoms with van der Waals surface area (Å²) in [5, 5.41) is 2.81. The maximum Gasteiger partial charge on any atom is 0.261 e. The molecule has 31 heavy (non-hydrogen) atoms. The van der Waals surface area contributed by atoms with Crippen molar-refractivity contribution in [3.8, 4) is 11.5 Å². The smallest absolute Gasteiger partial charge is 0.261 e. The number of carbonyl (C=O) groups is 2. The Bertz CT molecular complexity index is 955. The number of para-hydroxylation sites is 1. The minimum absolute atomic E-state index is 0.171. The molecule has 2 aromatic carbocycles. The predicted molar refractivity (Wildman–Crippen MR) is 115 cm³/mol. The van der Waals surface area contributed by atoms with Gasteiger partial charge in [0, 0.05) is 6.54 Å². The third-order valence-corrected chi connectivity index (χ3v) is 4.80. The summed E-state index contributed by atoms with van der Waals surface area (Å²) in [6.07, 6.45) is 1.55. The first kappa shape index (κ1) is 22.0. The highest BCUT2D eigenvalue weighted by Crippen LogP contribution is 2.16. The summed E-state index contributed by atoms with van der Waals surface area (Å²) in [5.74, 6) is 1.38. The molecule has 2 amide bonds. The van der Waals surface area contributed by atoms with E-state index in [2.05, 4.69) is 5.32 Å². The molecule has 7 nitrogen and oxygen atoms in total. The summed E-state index contributed by atoms with van der Waals surface area (Å²) >= 11 is 0. The van der Waals surface area contributed by atoms with Crippen molar-refractivity contribution < 1.29 is 23.5 Å². The van der Waals surface area contributed by atoms with Crippen LogP contribution in [0.5, 0.6) is 11.5 Å². The molecule has 7 heteroatoms. The summed E-state index contributed by atoms with van der Waals surface area (Å²) in [6, 6.07) is 19.3. The lowest BCUT2D eigenvalue weighted by Crippen LogP contribution is -2.48. The SMILES string of the molecule is COc1ccc(CN(C(=O)COc2ccccc2)[C@@H](C)C(=O)NCc2ccco2)cc1. The number of ether oxygens (including phenoxy) is 2. The van der Waals surface area contributed by atoms with Crippen LogP contribution in [0.4, 0.5) is 0 Å². The van der Waals surface area contributed by atoms with Crippen molar-refractivity contribution in [2.75, 3.05) is 13.7 Å². The molecule has 1 atom stereocenters. The fraction of sp³-hybridized carbons (Fsp3) is 0.250. The van der Waals surface area contributed by atoms with Gasteiger partial charge in [-0.15, -0.1) is 0 Å². The molecule has 0 radical (unpaired) electrons. The first-order valence-electron chi connectivity index (χ1n) is 9.97. The molecule has 1 N–H and O–H groups in total. The van der Waals surface area contributed by atoms with Crippen LogP contribution in [0.2, 0.25) is 0 Å². The van der Waals surface area contributed by atoms with Crippen LogP contribution in [0.1, 0.15) is 18.2 Å². The van der Waals surface area contributed by atoms with Crippen LogP contribution < -0.4 is 14.8 Å². The highest BCUT2D eigenvalue weighted by atomic mass is 16.5. The van der Waals surface area contributed by atoms with Crippen LogP contribution in [-0.2, 0) is 22.7 Å². The number of amides is 2. The second kappa shape index (κ2) is 10.9. The predicted octanol–water partition coefficient (Wildman–Crippen LogP) is 3.40. The number of rotatable bonds is 10. The lowest BCUT2D eigenvalue weighted by atomic mass is 10.1. The summed E-state index contributed by atoms with van der Waals surface area (Å²) in [6.45, 7) is 2.04. The van der Waals surface area contributed by atoms with Gasteiger partial charge in [0.1, 0.15) is 23.3 Å². The third-order valence-electron chi connectivity index (χ3n) is 4.80. The highest BCUT2D eigenvalue weighted by molar-refractivity contribution is 5.87. The van der Waals surface area contributed by atoms with E-state index >= 15 is 0 Å². The number of benzene rings is 2. The van der Waals surface area contributed by atoms with Crippen molar-refractivity contribution in [2.24, 2.45) is 0 Å². The third kappa shape index (κ3) is 6.37. The number of nitrogens with zero attached hydrogens (tertiary/aromatic N) is 1. The monoisotopic (exact) mass is 422 g/mol. The molecular weight excluding hydrogens is 396 g/mol. The zero-order valence-corrected chi connectivity index (χ0v) is 17.6. The van der Waals surface area contributed by atoms with E-state index in [-0.39, 0.29) is 31.5 Å². The second-order valence-electron chi connectivity index (χ2n) is 6.94. The Morgan fingerprint density at radius 1 is 1.00 bits per heavy atom. The van der Waals surface area contributed by atoms with Gasteiger partial charge in [0.25, 0.3) is 5.91 Å². The molecule has 1 heterocycles. The van der Waals surface area contributed by atoms with Crippen LogP contribution in [0.15, 0.2) is 77.4 Å². The molecule has 0 unspecified atom stereocenters. The lowest BCUT2D eigenvalue weighted by Gasteiger charge is -2.28. The molecule has 0 bridgehead atoms. The van der Waals surface area contributed by atoms with Crippen LogP contribution >= 0.6 is 0 Å². The van der Waals surface area contributed by atoms with Gasteiger partial charge in [-0.25, -0.2) is 0 Å². The summed E-state index contributed by atoms with van der Waals surface area (Å²) in [7, 11) is 1.59. The first-order chi connectivity index (χ1) is 15.1. The number of nitrogens with one attached hydrogen (secondary N) is 1. The average molecular weight is 422 g/mol. The largest absolute Gasteiger partial charge is 0.497 e. The van der Waals surface area contributed by atoms with Crippen molar-refractivity contribution in [1.29, 1.82) is 0 Å². The Hall–Kier alpha value is -3.74. The van der Waals surface area contributed by atoms with E-state index in [0.717, 1.165) is 11.3 Å². The van der Waals surface area contributed by atoms with E-state index in [0.29, 0.717) is 11.5 Å². The summed E-state index contributed by atoms with van der Waals surface area (Å²) < 4.78 is 16.1. The van der Waals surface area contributed by atoms with Crippen molar-refractivity contribution >= 4 is 11.8 Å². The maximum absolute atomic E-state index is 13.0. The molecular formula is C24H26N2O5. The Kier molecular flexibility index (Phi) is 7.70. The molecule has 0 fully saturated rings. The molecule has 3 aromatic rings. The van der Waals surface area contributed by atoms with Gasteiger partial charge >= 0.3 is 0 Å². The van der Waals surface area contributed by atoms with Gasteiger partial charge in [0.15, 0.2) is 6.61 Å². The molecule has 1 aromatic heterocycles. The van der Waals surface area contributed by atoms with Gasteiger partial charge in [-0.3, -0.25) is 9.59 Å². The number of hydrogen-bond donors (Lipinski definition) is 1. The minimum Gasteiger partial charge on any atom is -0.497 e. The van der Waals surface area contributed by atoms with E-state index in [1.54, 1.807) is 44.6 Å². The van der Waals surface area contributed by atoms with E-state index in [1.165, 1.54) is 4.90 Å². The van der Waals surface area contributed by atoms with Crippen molar-refractivity contribution in [1.82, 2.24) is 10.2 Å². The van der Waals surface area contributed by atoms with Crippen LogP contribution in [0, 0.1) is 0 Å². The van der Waals surface area contributed by atoms with E-state index < -0.39 is 6.04 Å². The van der Waals surface area contributed by atoms with Gasteiger partial charge in [0.2, 0.25) is 5.91 Å². The topological polar surface area (TPSA) is 81.0 Å². The van der Waals surface area contributed by atoms with E-state index in [1.807, 2.05) is 42.5 Å². The minimum atomic E-state index is -0.705. The second-order valence-corrected chi connectivity index (χ2v) is 6.94. The molecule has 162 valence electrons. The first-order valence-corrected chi connectivity index (χ1v) is 9.97. The molecule has 3 rings (SSSR count). The van der Waals surface area contributed by atoms with Crippen LogP contribution in [0.3, 0.4) is 0 Å². The molecule has 0 aliphatic rings. The van der Waals surface area contributed by atoms with Crippen LogP contribution in [0.25, 0.3) is 0 Å².